The fourth-order valence-corrected chi connectivity index (χ4v) is 5.93. The highest BCUT2D eigenvalue weighted by molar-refractivity contribution is 7.17. The number of morpholine rings is 1. The number of carbonyl (C=O) groups excluding carboxylic acids is 2. The number of carbonyl (C=O) groups is 2. The van der Waals surface area contributed by atoms with Crippen molar-refractivity contribution < 1.29 is 14.3 Å². The van der Waals surface area contributed by atoms with E-state index in [-0.39, 0.29) is 24.0 Å². The number of amides is 2. The Balaban J connectivity index is 1.21. The summed E-state index contributed by atoms with van der Waals surface area (Å²) in [6.45, 7) is 5.62. The number of benzene rings is 2. The third-order valence-electron chi connectivity index (χ3n) is 6.32. The molecule has 0 bridgehead atoms. The maximum atomic E-state index is 12.8. The first kappa shape index (κ1) is 21.9. The Labute approximate surface area is 198 Å². The fraction of sp³-hybridized carbons (Fsp3) is 0.333. The lowest BCUT2D eigenvalue weighted by molar-refractivity contribution is -0.0586. The molecule has 2 atom stereocenters. The van der Waals surface area contributed by atoms with E-state index in [1.54, 1.807) is 11.3 Å². The molecule has 3 aromatic rings. The highest BCUT2D eigenvalue weighted by atomic mass is 32.1. The number of nitrogens with zero attached hydrogens (tertiary/aromatic N) is 1. The lowest BCUT2D eigenvalue weighted by Gasteiger charge is -2.35. The summed E-state index contributed by atoms with van der Waals surface area (Å²) in [5, 5.41) is 3.03. The van der Waals surface area contributed by atoms with Crippen LogP contribution in [0.5, 0.6) is 0 Å². The van der Waals surface area contributed by atoms with Crippen LogP contribution < -0.4 is 5.32 Å². The summed E-state index contributed by atoms with van der Waals surface area (Å²) in [5.41, 5.74) is 5.51. The van der Waals surface area contributed by atoms with Gasteiger partial charge in [-0.05, 0) is 67.1 Å². The molecule has 2 heterocycles. The van der Waals surface area contributed by atoms with E-state index in [2.05, 4.69) is 29.6 Å². The molecular weight excluding hydrogens is 432 g/mol. The Bertz CT molecular complexity index is 1170. The van der Waals surface area contributed by atoms with E-state index in [0.29, 0.717) is 25.2 Å². The van der Waals surface area contributed by atoms with E-state index in [1.165, 1.54) is 21.6 Å². The van der Waals surface area contributed by atoms with E-state index >= 15 is 0 Å². The molecule has 2 aliphatic rings. The second-order valence-electron chi connectivity index (χ2n) is 8.97. The number of hydrogen-bond donors (Lipinski definition) is 1. The largest absolute Gasteiger partial charge is 0.372 e. The monoisotopic (exact) mass is 460 g/mol. The van der Waals surface area contributed by atoms with Gasteiger partial charge in [0.25, 0.3) is 11.8 Å². The van der Waals surface area contributed by atoms with Crippen LogP contribution >= 0.6 is 11.3 Å². The number of hydrogen-bond acceptors (Lipinski definition) is 4. The summed E-state index contributed by atoms with van der Waals surface area (Å²) in [7, 11) is 0. The quantitative estimate of drug-likeness (QED) is 0.614. The second kappa shape index (κ2) is 9.12. The van der Waals surface area contributed by atoms with Crippen molar-refractivity contribution >= 4 is 23.2 Å². The van der Waals surface area contributed by atoms with Crippen LogP contribution in [-0.4, -0.2) is 42.0 Å². The molecule has 1 aromatic heterocycles. The SMILES string of the molecule is CC1CN(C(=O)c2ccc(CNC(=O)c3cc4c(s3)-c3ccccc3CC4)cc2)CC(C)O1. The standard InChI is InChI=1S/C27H28N2O3S/c1-17-15-29(16-18(2)32-17)27(31)21-9-7-19(8-10-21)14-28-26(30)24-13-22-12-11-20-5-3-4-6-23(20)25(22)33-24/h3-10,13,17-18H,11-12,14-16H2,1-2H3,(H,28,30). The summed E-state index contributed by atoms with van der Waals surface area (Å²) >= 11 is 1.57. The predicted molar refractivity (Wildman–Crippen MR) is 131 cm³/mol. The van der Waals surface area contributed by atoms with Gasteiger partial charge in [-0.3, -0.25) is 9.59 Å². The molecule has 0 saturated carbocycles. The van der Waals surface area contributed by atoms with Gasteiger partial charge < -0.3 is 15.0 Å². The van der Waals surface area contributed by atoms with E-state index < -0.39 is 0 Å². The predicted octanol–water partition coefficient (Wildman–Crippen LogP) is 4.69. The zero-order chi connectivity index (χ0) is 22.9. The van der Waals surface area contributed by atoms with Gasteiger partial charge in [0.05, 0.1) is 17.1 Å². The average Bonchev–Trinajstić information content (AvgIpc) is 3.27. The third kappa shape index (κ3) is 4.59. The van der Waals surface area contributed by atoms with Gasteiger partial charge in [-0.15, -0.1) is 11.3 Å². The van der Waals surface area contributed by atoms with Crippen molar-refractivity contribution in [3.8, 4) is 10.4 Å². The first-order valence-electron chi connectivity index (χ1n) is 11.5. The molecule has 1 aliphatic heterocycles. The third-order valence-corrected chi connectivity index (χ3v) is 7.53. The molecular formula is C27H28N2O3S. The van der Waals surface area contributed by atoms with Crippen LogP contribution in [0.25, 0.3) is 10.4 Å². The van der Waals surface area contributed by atoms with Gasteiger partial charge in [0, 0.05) is 30.1 Å². The maximum Gasteiger partial charge on any atom is 0.261 e. The summed E-state index contributed by atoms with van der Waals surface area (Å²) in [5.74, 6) is -0.0274. The molecule has 170 valence electrons. The molecule has 2 aromatic carbocycles. The first-order chi connectivity index (χ1) is 16.0. The van der Waals surface area contributed by atoms with Crippen LogP contribution in [-0.2, 0) is 24.1 Å². The van der Waals surface area contributed by atoms with E-state index in [0.717, 1.165) is 23.3 Å². The van der Waals surface area contributed by atoms with Crippen LogP contribution in [0.1, 0.15) is 50.6 Å². The van der Waals surface area contributed by atoms with Crippen molar-refractivity contribution in [2.24, 2.45) is 0 Å². The number of fused-ring (bicyclic) bond motifs is 3. The van der Waals surface area contributed by atoms with E-state index in [4.69, 9.17) is 4.74 Å². The van der Waals surface area contributed by atoms with Crippen LogP contribution in [0.3, 0.4) is 0 Å². The Morgan fingerprint density at radius 2 is 1.70 bits per heavy atom. The van der Waals surface area contributed by atoms with E-state index in [1.807, 2.05) is 49.1 Å². The van der Waals surface area contributed by atoms with Crippen molar-refractivity contribution in [2.45, 2.75) is 45.4 Å². The molecule has 6 heteroatoms. The van der Waals surface area contributed by atoms with Crippen molar-refractivity contribution in [2.75, 3.05) is 13.1 Å². The minimum absolute atomic E-state index is 0.0250. The summed E-state index contributed by atoms with van der Waals surface area (Å²) < 4.78 is 5.72. The number of thiophene rings is 1. The van der Waals surface area contributed by atoms with Crippen molar-refractivity contribution in [3.05, 3.63) is 81.7 Å². The van der Waals surface area contributed by atoms with Gasteiger partial charge in [-0.1, -0.05) is 36.4 Å². The zero-order valence-electron chi connectivity index (χ0n) is 19.0. The highest BCUT2D eigenvalue weighted by Gasteiger charge is 2.26. The average molecular weight is 461 g/mol. The maximum absolute atomic E-state index is 12.8. The van der Waals surface area contributed by atoms with Crippen LogP contribution in [0.2, 0.25) is 0 Å². The molecule has 1 aliphatic carbocycles. The van der Waals surface area contributed by atoms with Crippen molar-refractivity contribution in [3.63, 3.8) is 0 Å². The zero-order valence-corrected chi connectivity index (χ0v) is 19.8. The molecule has 1 saturated heterocycles. The molecule has 1 fully saturated rings. The van der Waals surface area contributed by atoms with E-state index in [9.17, 15) is 9.59 Å². The summed E-state index contributed by atoms with van der Waals surface area (Å²) in [6.07, 6.45) is 2.09. The van der Waals surface area contributed by atoms with Crippen molar-refractivity contribution in [1.29, 1.82) is 0 Å². The Hall–Kier alpha value is -2.96. The highest BCUT2D eigenvalue weighted by Crippen LogP contribution is 2.39. The summed E-state index contributed by atoms with van der Waals surface area (Å²) in [6, 6.07) is 18.0. The number of aryl methyl sites for hydroxylation is 2. The molecule has 1 N–H and O–H groups in total. The van der Waals surface area contributed by atoms with Gasteiger partial charge in [-0.2, -0.15) is 0 Å². The van der Waals surface area contributed by atoms with Crippen LogP contribution in [0.4, 0.5) is 0 Å². The van der Waals surface area contributed by atoms with Crippen LogP contribution in [0, 0.1) is 0 Å². The minimum Gasteiger partial charge on any atom is -0.372 e. The van der Waals surface area contributed by atoms with Crippen LogP contribution in [0.15, 0.2) is 54.6 Å². The topological polar surface area (TPSA) is 58.6 Å². The van der Waals surface area contributed by atoms with Gasteiger partial charge in [0.2, 0.25) is 0 Å². The van der Waals surface area contributed by atoms with Gasteiger partial charge in [0.15, 0.2) is 0 Å². The van der Waals surface area contributed by atoms with Gasteiger partial charge >= 0.3 is 0 Å². The molecule has 2 amide bonds. The molecule has 2 unspecified atom stereocenters. The fourth-order valence-electron chi connectivity index (χ4n) is 4.74. The molecule has 5 rings (SSSR count). The Morgan fingerprint density at radius 3 is 2.45 bits per heavy atom. The Kier molecular flexibility index (Phi) is 6.04. The lowest BCUT2D eigenvalue weighted by Crippen LogP contribution is -2.48. The smallest absolute Gasteiger partial charge is 0.261 e. The second-order valence-corrected chi connectivity index (χ2v) is 10.0. The van der Waals surface area contributed by atoms with Crippen molar-refractivity contribution in [1.82, 2.24) is 10.2 Å². The summed E-state index contributed by atoms with van der Waals surface area (Å²) in [4.78, 5) is 29.5. The molecule has 0 radical (unpaired) electrons. The Morgan fingerprint density at radius 1 is 1.00 bits per heavy atom. The minimum atomic E-state index is -0.0525. The number of nitrogens with one attached hydrogen (secondary N) is 1. The number of ether oxygens (including phenoxy) is 1. The normalized spacial score (nSPS) is 19.5. The first-order valence-corrected chi connectivity index (χ1v) is 12.3. The number of rotatable bonds is 4. The van der Waals surface area contributed by atoms with Gasteiger partial charge in [0.1, 0.15) is 0 Å². The molecule has 5 nitrogen and oxygen atoms in total. The molecule has 0 spiro atoms. The molecule has 33 heavy (non-hydrogen) atoms. The lowest BCUT2D eigenvalue weighted by atomic mass is 9.91. The van der Waals surface area contributed by atoms with Gasteiger partial charge in [-0.25, -0.2) is 0 Å².